The van der Waals surface area contributed by atoms with Crippen molar-refractivity contribution >= 4 is 23.2 Å². The predicted molar refractivity (Wildman–Crippen MR) is 100 cm³/mol. The van der Waals surface area contributed by atoms with E-state index >= 15 is 0 Å². The lowest BCUT2D eigenvalue weighted by atomic mass is 10.1. The Morgan fingerprint density at radius 1 is 1.24 bits per heavy atom. The number of likely N-dealkylation sites (N-methyl/N-ethyl adjacent to an activating group) is 1. The van der Waals surface area contributed by atoms with Crippen LogP contribution >= 0.6 is 11.6 Å². The molecule has 0 aliphatic heterocycles. The van der Waals surface area contributed by atoms with Crippen LogP contribution in [0.15, 0.2) is 48.5 Å². The number of ether oxygens (including phenoxy) is 1. The number of nitrogens with one attached hydrogen (secondary N) is 2. The van der Waals surface area contributed by atoms with Crippen molar-refractivity contribution in [3.63, 3.8) is 0 Å². The van der Waals surface area contributed by atoms with Gasteiger partial charge < -0.3 is 20.3 Å². The SMILES string of the molecule is COc1ccc(Cl)cc1NC(=O)C[NH2+]C[C@@H](c1ccccc1)[NH+](C)C. The molecule has 0 fully saturated rings. The molecule has 1 atom stereocenters. The van der Waals surface area contributed by atoms with Gasteiger partial charge in [-0.25, -0.2) is 0 Å². The third-order valence-electron chi connectivity index (χ3n) is 4.07. The Kier molecular flexibility index (Phi) is 7.25. The van der Waals surface area contributed by atoms with Crippen molar-refractivity contribution in [1.29, 1.82) is 0 Å². The third kappa shape index (κ3) is 5.74. The van der Waals surface area contributed by atoms with Gasteiger partial charge in [0.25, 0.3) is 5.91 Å². The Balaban J connectivity index is 1.90. The smallest absolute Gasteiger partial charge is 0.279 e. The van der Waals surface area contributed by atoms with Gasteiger partial charge in [-0.1, -0.05) is 41.9 Å². The monoisotopic (exact) mass is 363 g/mol. The second kappa shape index (κ2) is 9.42. The van der Waals surface area contributed by atoms with Crippen molar-refractivity contribution in [3.05, 3.63) is 59.1 Å². The van der Waals surface area contributed by atoms with Crippen molar-refractivity contribution in [1.82, 2.24) is 0 Å². The van der Waals surface area contributed by atoms with E-state index in [1.54, 1.807) is 25.3 Å². The number of quaternary nitrogens is 2. The molecule has 2 rings (SSSR count). The fourth-order valence-electron chi connectivity index (χ4n) is 2.75. The highest BCUT2D eigenvalue weighted by Gasteiger charge is 2.20. The van der Waals surface area contributed by atoms with Crippen LogP contribution in [0, 0.1) is 0 Å². The van der Waals surface area contributed by atoms with Crippen LogP contribution < -0.4 is 20.3 Å². The normalized spacial score (nSPS) is 12.0. The maximum absolute atomic E-state index is 12.2. The fraction of sp³-hybridized carbons (Fsp3) is 0.316. The molecule has 25 heavy (non-hydrogen) atoms. The minimum atomic E-state index is -0.0823. The van der Waals surface area contributed by atoms with Crippen molar-refractivity contribution in [3.8, 4) is 5.75 Å². The maximum atomic E-state index is 12.2. The van der Waals surface area contributed by atoms with Gasteiger partial charge in [0, 0.05) is 10.6 Å². The van der Waals surface area contributed by atoms with Crippen LogP contribution in [0.4, 0.5) is 5.69 Å². The van der Waals surface area contributed by atoms with E-state index in [1.165, 1.54) is 10.5 Å². The van der Waals surface area contributed by atoms with E-state index in [0.29, 0.717) is 29.0 Å². The zero-order valence-corrected chi connectivity index (χ0v) is 15.6. The van der Waals surface area contributed by atoms with E-state index in [2.05, 4.69) is 31.5 Å². The third-order valence-corrected chi connectivity index (χ3v) is 4.30. The number of carbonyl (C=O) groups excluding carboxylic acids is 1. The first-order valence-corrected chi connectivity index (χ1v) is 8.69. The number of nitrogens with two attached hydrogens (primary N) is 1. The van der Waals surface area contributed by atoms with Crippen molar-refractivity contribution in [2.75, 3.05) is 39.6 Å². The van der Waals surface area contributed by atoms with E-state index in [9.17, 15) is 4.79 Å². The van der Waals surface area contributed by atoms with Crippen LogP contribution in [0.2, 0.25) is 5.02 Å². The molecule has 0 spiro atoms. The summed E-state index contributed by atoms with van der Waals surface area (Å²) in [5, 5.41) is 5.44. The molecule has 0 saturated heterocycles. The number of hydrogen-bond acceptors (Lipinski definition) is 2. The quantitative estimate of drug-likeness (QED) is 0.648. The van der Waals surface area contributed by atoms with E-state index in [0.717, 1.165) is 6.54 Å². The molecule has 0 aliphatic rings. The molecular weight excluding hydrogens is 338 g/mol. The van der Waals surface area contributed by atoms with Gasteiger partial charge in [-0.05, 0) is 18.2 Å². The average Bonchev–Trinajstić information content (AvgIpc) is 2.59. The fourth-order valence-corrected chi connectivity index (χ4v) is 2.92. The Morgan fingerprint density at radius 2 is 1.96 bits per heavy atom. The van der Waals surface area contributed by atoms with Gasteiger partial charge in [-0.15, -0.1) is 0 Å². The largest absolute Gasteiger partial charge is 0.495 e. The minimum Gasteiger partial charge on any atom is -0.495 e. The molecule has 0 radical (unpaired) electrons. The molecular formula is C19H26ClN3O2+2. The second-order valence-electron chi connectivity index (χ2n) is 6.16. The number of amides is 1. The number of methoxy groups -OCH3 is 1. The summed E-state index contributed by atoms with van der Waals surface area (Å²) in [6, 6.07) is 15.8. The molecule has 4 N–H and O–H groups in total. The molecule has 2 aromatic carbocycles. The first kappa shape index (κ1) is 19.2. The maximum Gasteiger partial charge on any atom is 0.279 e. The molecule has 2 aromatic rings. The number of carbonyl (C=O) groups is 1. The van der Waals surface area contributed by atoms with Crippen molar-refractivity contribution in [2.24, 2.45) is 0 Å². The van der Waals surface area contributed by atoms with Gasteiger partial charge in [-0.3, -0.25) is 4.79 Å². The number of halogens is 1. The van der Waals surface area contributed by atoms with Crippen LogP contribution in [0.3, 0.4) is 0 Å². The van der Waals surface area contributed by atoms with E-state index < -0.39 is 0 Å². The highest BCUT2D eigenvalue weighted by atomic mass is 35.5. The van der Waals surface area contributed by atoms with Gasteiger partial charge in [0.05, 0.1) is 26.9 Å². The molecule has 6 heteroatoms. The predicted octanol–water partition coefficient (Wildman–Crippen LogP) is 0.736. The summed E-state index contributed by atoms with van der Waals surface area (Å²) in [5.41, 5.74) is 1.86. The van der Waals surface area contributed by atoms with Gasteiger partial charge in [0.2, 0.25) is 0 Å². The van der Waals surface area contributed by atoms with Crippen LogP contribution in [-0.2, 0) is 4.79 Å². The standard InChI is InChI=1S/C19H24ClN3O2/c1-23(2)17(14-7-5-4-6-8-14)12-21-13-19(24)22-16-11-15(20)9-10-18(16)25-3/h4-11,17,21H,12-13H2,1-3H3,(H,22,24)/p+2/t17-/m0/s1. The topological polar surface area (TPSA) is 59.4 Å². The molecule has 0 aromatic heterocycles. The Hall–Kier alpha value is -2.08. The van der Waals surface area contributed by atoms with Gasteiger partial charge in [0.15, 0.2) is 12.6 Å². The summed E-state index contributed by atoms with van der Waals surface area (Å²) < 4.78 is 5.25. The average molecular weight is 364 g/mol. The summed E-state index contributed by atoms with van der Waals surface area (Å²) in [6.07, 6.45) is 0. The van der Waals surface area contributed by atoms with E-state index in [-0.39, 0.29) is 5.91 Å². The van der Waals surface area contributed by atoms with Crippen LogP contribution in [0.25, 0.3) is 0 Å². The Bertz CT molecular complexity index is 692. The van der Waals surface area contributed by atoms with Crippen molar-refractivity contribution in [2.45, 2.75) is 6.04 Å². The summed E-state index contributed by atoms with van der Waals surface area (Å²) in [5.74, 6) is 0.513. The lowest BCUT2D eigenvalue weighted by Gasteiger charge is -2.20. The lowest BCUT2D eigenvalue weighted by molar-refractivity contribution is -0.908. The zero-order chi connectivity index (χ0) is 18.2. The first-order chi connectivity index (χ1) is 12.0. The molecule has 134 valence electrons. The molecule has 0 heterocycles. The Morgan fingerprint density at radius 3 is 2.60 bits per heavy atom. The van der Waals surface area contributed by atoms with Gasteiger partial charge >= 0.3 is 0 Å². The van der Waals surface area contributed by atoms with Gasteiger partial charge in [-0.2, -0.15) is 0 Å². The molecule has 0 unspecified atom stereocenters. The highest BCUT2D eigenvalue weighted by Crippen LogP contribution is 2.27. The molecule has 1 amide bonds. The Labute approximate surface area is 153 Å². The number of benzene rings is 2. The summed E-state index contributed by atoms with van der Waals surface area (Å²) >= 11 is 5.99. The minimum absolute atomic E-state index is 0.0823. The number of rotatable bonds is 8. The van der Waals surface area contributed by atoms with Crippen molar-refractivity contribution < 1.29 is 19.7 Å². The zero-order valence-electron chi connectivity index (χ0n) is 14.9. The molecule has 0 saturated carbocycles. The highest BCUT2D eigenvalue weighted by molar-refractivity contribution is 6.31. The second-order valence-corrected chi connectivity index (χ2v) is 6.60. The van der Waals surface area contributed by atoms with Crippen LogP contribution in [0.5, 0.6) is 5.75 Å². The van der Waals surface area contributed by atoms with E-state index in [1.807, 2.05) is 23.5 Å². The molecule has 0 bridgehead atoms. The molecule has 5 nitrogen and oxygen atoms in total. The summed E-state index contributed by atoms with van der Waals surface area (Å²) in [6.45, 7) is 1.17. The van der Waals surface area contributed by atoms with Crippen LogP contribution in [0.1, 0.15) is 11.6 Å². The van der Waals surface area contributed by atoms with Crippen LogP contribution in [-0.4, -0.2) is 40.2 Å². The number of anilines is 1. The van der Waals surface area contributed by atoms with Gasteiger partial charge in [0.1, 0.15) is 12.3 Å². The summed E-state index contributed by atoms with van der Waals surface area (Å²) in [4.78, 5) is 13.6. The van der Waals surface area contributed by atoms with E-state index in [4.69, 9.17) is 16.3 Å². The number of hydrogen-bond donors (Lipinski definition) is 3. The molecule has 0 aliphatic carbocycles. The lowest BCUT2D eigenvalue weighted by Crippen LogP contribution is -3.09. The first-order valence-electron chi connectivity index (χ1n) is 8.31. The summed E-state index contributed by atoms with van der Waals surface area (Å²) in [7, 11) is 5.82.